The zero-order chi connectivity index (χ0) is 19.4. The highest BCUT2D eigenvalue weighted by atomic mass is 16.5. The summed E-state index contributed by atoms with van der Waals surface area (Å²) in [6, 6.07) is 6.54. The van der Waals surface area contributed by atoms with Crippen LogP contribution in [-0.2, 0) is 9.53 Å². The molecule has 1 N–H and O–H groups in total. The molecule has 0 spiro atoms. The monoisotopic (exact) mass is 372 g/mol. The highest BCUT2D eigenvalue weighted by molar-refractivity contribution is 5.91. The second-order valence-electron chi connectivity index (χ2n) is 6.13. The smallest absolute Gasteiger partial charge is 0.336 e. The lowest BCUT2D eigenvalue weighted by atomic mass is 10.1. The van der Waals surface area contributed by atoms with Gasteiger partial charge in [-0.2, -0.15) is 0 Å². The van der Waals surface area contributed by atoms with Gasteiger partial charge in [-0.1, -0.05) is 5.57 Å². The molecule has 0 saturated heterocycles. The van der Waals surface area contributed by atoms with Crippen LogP contribution < -0.4 is 15.1 Å². The number of fused-ring (bicyclic) bond motifs is 1. The lowest BCUT2D eigenvalue weighted by molar-refractivity contribution is -0.139. The van der Waals surface area contributed by atoms with Crippen molar-refractivity contribution in [3.63, 3.8) is 0 Å². The Bertz CT molecular complexity index is 968. The predicted octanol–water partition coefficient (Wildman–Crippen LogP) is 2.36. The summed E-state index contributed by atoms with van der Waals surface area (Å²) in [6.07, 6.45) is 3.64. The van der Waals surface area contributed by atoms with E-state index in [1.54, 1.807) is 24.3 Å². The lowest BCUT2D eigenvalue weighted by Gasteiger charge is -2.12. The van der Waals surface area contributed by atoms with Gasteiger partial charge in [0.2, 0.25) is 5.75 Å². The van der Waals surface area contributed by atoms with Crippen molar-refractivity contribution in [3.8, 4) is 11.5 Å². The minimum atomic E-state index is -0.478. The summed E-state index contributed by atoms with van der Waals surface area (Å²) in [6.45, 7) is 1.85. The molecule has 0 amide bonds. The Morgan fingerprint density at radius 2 is 2.04 bits per heavy atom. The largest absolute Gasteiger partial charge is 0.490 e. The van der Waals surface area contributed by atoms with Crippen molar-refractivity contribution < 1.29 is 28.5 Å². The Balaban J connectivity index is 1.68. The maximum Gasteiger partial charge on any atom is 0.336 e. The molecule has 1 aromatic heterocycles. The van der Waals surface area contributed by atoms with E-state index >= 15 is 0 Å². The average Bonchev–Trinajstić information content (AvgIpc) is 3.00. The first kappa shape index (κ1) is 18.7. The van der Waals surface area contributed by atoms with Crippen LogP contribution in [0.1, 0.15) is 13.3 Å². The molecule has 7 heteroatoms. The summed E-state index contributed by atoms with van der Waals surface area (Å²) >= 11 is 0. The van der Waals surface area contributed by atoms with Gasteiger partial charge in [0.25, 0.3) is 0 Å². The van der Waals surface area contributed by atoms with Crippen LogP contribution in [0.5, 0.6) is 11.5 Å². The van der Waals surface area contributed by atoms with Crippen molar-refractivity contribution in [1.82, 2.24) is 0 Å². The van der Waals surface area contributed by atoms with E-state index in [1.165, 1.54) is 13.2 Å². The van der Waals surface area contributed by atoms with E-state index in [-0.39, 0.29) is 24.9 Å². The number of methoxy groups -OCH3 is 1. The van der Waals surface area contributed by atoms with Crippen LogP contribution >= 0.6 is 0 Å². The standard InChI is InChI=1S/C20H20O7/c1-12(9-15-10-14(11-21)20(23)26-15)7-8-25-16-5-3-13-4-6-17(22)27-18(13)19(16)24-2/h3-7,10,15,21H,8-9,11H2,1-2H3/b12-7+. The van der Waals surface area contributed by atoms with E-state index in [0.29, 0.717) is 23.5 Å². The topological polar surface area (TPSA) is 95.2 Å². The summed E-state index contributed by atoms with van der Waals surface area (Å²) in [4.78, 5) is 22.9. The lowest BCUT2D eigenvalue weighted by Crippen LogP contribution is -2.09. The van der Waals surface area contributed by atoms with Crippen LogP contribution in [0, 0.1) is 0 Å². The molecule has 2 aromatic rings. The first-order chi connectivity index (χ1) is 13.0. The third-order valence-electron chi connectivity index (χ3n) is 4.18. The Labute approximate surface area is 155 Å². The molecule has 1 unspecified atom stereocenters. The fourth-order valence-electron chi connectivity index (χ4n) is 2.83. The molecular formula is C20H20O7. The van der Waals surface area contributed by atoms with E-state index in [9.17, 15) is 9.59 Å². The number of cyclic esters (lactones) is 1. The summed E-state index contributed by atoms with van der Waals surface area (Å²) in [5.74, 6) is 0.337. The number of hydrogen-bond donors (Lipinski definition) is 1. The molecule has 0 fully saturated rings. The van der Waals surface area contributed by atoms with E-state index in [4.69, 9.17) is 23.7 Å². The van der Waals surface area contributed by atoms with Crippen molar-refractivity contribution in [2.45, 2.75) is 19.4 Å². The van der Waals surface area contributed by atoms with Gasteiger partial charge in [-0.15, -0.1) is 0 Å². The third kappa shape index (κ3) is 4.20. The Morgan fingerprint density at radius 1 is 1.26 bits per heavy atom. The fourth-order valence-corrected chi connectivity index (χ4v) is 2.83. The van der Waals surface area contributed by atoms with E-state index in [1.807, 2.05) is 13.0 Å². The van der Waals surface area contributed by atoms with Gasteiger partial charge in [0.15, 0.2) is 11.3 Å². The number of aliphatic hydroxyl groups excluding tert-OH is 1. The quantitative estimate of drug-likeness (QED) is 0.453. The number of carbonyl (C=O) groups is 1. The fraction of sp³-hybridized carbons (Fsp3) is 0.300. The summed E-state index contributed by atoms with van der Waals surface area (Å²) in [5.41, 5.74) is 1.12. The molecule has 2 heterocycles. The highest BCUT2D eigenvalue weighted by Crippen LogP contribution is 2.34. The van der Waals surface area contributed by atoms with Crippen LogP contribution in [-0.4, -0.2) is 37.5 Å². The summed E-state index contributed by atoms with van der Waals surface area (Å²) in [5, 5.41) is 9.79. The van der Waals surface area contributed by atoms with Gasteiger partial charge >= 0.3 is 11.6 Å². The van der Waals surface area contributed by atoms with Gasteiger partial charge in [0, 0.05) is 17.9 Å². The minimum absolute atomic E-state index is 0.266. The van der Waals surface area contributed by atoms with Crippen LogP contribution in [0.2, 0.25) is 0 Å². The zero-order valence-electron chi connectivity index (χ0n) is 15.1. The van der Waals surface area contributed by atoms with Gasteiger partial charge in [-0.25, -0.2) is 9.59 Å². The normalized spacial score (nSPS) is 17.0. The summed E-state index contributed by atoms with van der Waals surface area (Å²) in [7, 11) is 1.48. The molecule has 0 radical (unpaired) electrons. The molecule has 3 rings (SSSR count). The van der Waals surface area contributed by atoms with Gasteiger partial charge in [0.1, 0.15) is 12.7 Å². The molecule has 1 aromatic carbocycles. The SMILES string of the molecule is COc1c(OC/C=C(\C)CC2C=C(CO)C(=O)O2)ccc2ccc(=O)oc12. The molecule has 0 bridgehead atoms. The Hall–Kier alpha value is -3.06. The molecule has 0 aliphatic carbocycles. The van der Waals surface area contributed by atoms with Crippen LogP contribution in [0.4, 0.5) is 0 Å². The van der Waals surface area contributed by atoms with Gasteiger partial charge < -0.3 is 23.7 Å². The number of aliphatic hydroxyl groups is 1. The average molecular weight is 372 g/mol. The van der Waals surface area contributed by atoms with Crippen molar-refractivity contribution in [3.05, 3.63) is 58.0 Å². The second kappa shape index (κ2) is 8.09. The molecular weight excluding hydrogens is 352 g/mol. The van der Waals surface area contributed by atoms with E-state index in [0.717, 1.165) is 11.0 Å². The first-order valence-electron chi connectivity index (χ1n) is 8.43. The van der Waals surface area contributed by atoms with Crippen LogP contribution in [0.15, 0.2) is 56.8 Å². The molecule has 27 heavy (non-hydrogen) atoms. The maximum atomic E-state index is 11.5. The van der Waals surface area contributed by atoms with E-state index in [2.05, 4.69) is 0 Å². The van der Waals surface area contributed by atoms with Crippen molar-refractivity contribution >= 4 is 16.9 Å². The van der Waals surface area contributed by atoms with E-state index < -0.39 is 11.6 Å². The van der Waals surface area contributed by atoms with Gasteiger partial charge in [-0.3, -0.25) is 0 Å². The van der Waals surface area contributed by atoms with Gasteiger partial charge in [0.05, 0.1) is 19.3 Å². The molecule has 1 aliphatic heterocycles. The summed E-state index contributed by atoms with van der Waals surface area (Å²) < 4.78 is 21.5. The third-order valence-corrected chi connectivity index (χ3v) is 4.18. The Kier molecular flexibility index (Phi) is 5.61. The zero-order valence-corrected chi connectivity index (χ0v) is 15.1. The number of benzene rings is 1. The molecule has 1 aliphatic rings. The van der Waals surface area contributed by atoms with Crippen LogP contribution in [0.25, 0.3) is 11.0 Å². The molecule has 1 atom stereocenters. The number of carbonyl (C=O) groups excluding carboxylic acids is 1. The van der Waals surface area contributed by atoms with Crippen LogP contribution in [0.3, 0.4) is 0 Å². The van der Waals surface area contributed by atoms with Gasteiger partial charge in [-0.05, 0) is 37.3 Å². The first-order valence-corrected chi connectivity index (χ1v) is 8.43. The van der Waals surface area contributed by atoms with Crippen molar-refractivity contribution in [2.75, 3.05) is 20.3 Å². The van der Waals surface area contributed by atoms with Crippen molar-refractivity contribution in [1.29, 1.82) is 0 Å². The Morgan fingerprint density at radius 3 is 2.74 bits per heavy atom. The van der Waals surface area contributed by atoms with Crippen molar-refractivity contribution in [2.24, 2.45) is 0 Å². The maximum absolute atomic E-state index is 11.5. The molecule has 142 valence electrons. The number of esters is 1. The number of ether oxygens (including phenoxy) is 3. The highest BCUT2D eigenvalue weighted by Gasteiger charge is 2.24. The molecule has 0 saturated carbocycles. The predicted molar refractivity (Wildman–Crippen MR) is 98.0 cm³/mol. The minimum Gasteiger partial charge on any atom is -0.490 e. The number of rotatable bonds is 7. The number of hydrogen-bond acceptors (Lipinski definition) is 7. The molecule has 7 nitrogen and oxygen atoms in total. The second-order valence-corrected chi connectivity index (χ2v) is 6.13.